The predicted molar refractivity (Wildman–Crippen MR) is 75.5 cm³/mol. The Morgan fingerprint density at radius 1 is 1.32 bits per heavy atom. The second-order valence-corrected chi connectivity index (χ2v) is 6.02. The lowest BCUT2D eigenvalue weighted by Crippen LogP contribution is -2.34. The first-order valence-corrected chi connectivity index (χ1v) is 7.86. The van der Waals surface area contributed by atoms with E-state index in [1.807, 2.05) is 0 Å². The maximum atomic E-state index is 11.1. The first-order chi connectivity index (χ1) is 8.97. The van der Waals surface area contributed by atoms with Crippen LogP contribution in [0.5, 0.6) is 0 Å². The quantitative estimate of drug-likeness (QED) is 0.743. The summed E-state index contributed by atoms with van der Waals surface area (Å²) in [6.07, 6.45) is 1.85. The Balaban J connectivity index is 2.46. The summed E-state index contributed by atoms with van der Waals surface area (Å²) in [5, 5.41) is 8.44. The Morgan fingerprint density at radius 3 is 2.42 bits per heavy atom. The highest BCUT2D eigenvalue weighted by atomic mass is 32.2. The third-order valence-corrected chi connectivity index (χ3v) is 3.89. The number of hydrogen-bond acceptors (Lipinski definition) is 4. The van der Waals surface area contributed by atoms with Gasteiger partial charge in [0.15, 0.2) is 0 Å². The molecule has 0 aliphatic carbocycles. The molecular weight excluding hydrogens is 264 g/mol. The van der Waals surface area contributed by atoms with E-state index < -0.39 is 10.0 Å². The number of hydrogen-bond donors (Lipinski definition) is 2. The van der Waals surface area contributed by atoms with Gasteiger partial charge in [-0.15, -0.1) is 0 Å². The van der Waals surface area contributed by atoms with Gasteiger partial charge in [-0.25, -0.2) is 13.6 Å². The summed E-state index contributed by atoms with van der Waals surface area (Å²) in [4.78, 5) is 0.148. The molecule has 0 amide bonds. The molecule has 0 spiro atoms. The Morgan fingerprint density at radius 2 is 1.95 bits per heavy atom. The molecule has 1 unspecified atom stereocenters. The van der Waals surface area contributed by atoms with Crippen LogP contribution in [0.1, 0.15) is 18.9 Å². The fraction of sp³-hybridized carbons (Fsp3) is 0.538. The summed E-state index contributed by atoms with van der Waals surface area (Å²) >= 11 is 0. The third-order valence-electron chi connectivity index (χ3n) is 2.96. The molecule has 0 aliphatic heterocycles. The Bertz CT molecular complexity index is 471. The Kier molecular flexibility index (Phi) is 6.44. The zero-order valence-electron chi connectivity index (χ0n) is 11.4. The molecule has 0 aliphatic rings. The second kappa shape index (κ2) is 7.59. The number of primary sulfonamides is 1. The van der Waals surface area contributed by atoms with Crippen LogP contribution < -0.4 is 10.5 Å². The molecule has 0 aromatic heterocycles. The highest BCUT2D eigenvalue weighted by molar-refractivity contribution is 7.89. The van der Waals surface area contributed by atoms with Gasteiger partial charge in [0.05, 0.1) is 11.5 Å². The molecule has 19 heavy (non-hydrogen) atoms. The molecule has 108 valence electrons. The molecule has 0 bridgehead atoms. The summed E-state index contributed by atoms with van der Waals surface area (Å²) < 4.78 is 27.3. The van der Waals surface area contributed by atoms with E-state index in [0.717, 1.165) is 24.9 Å². The van der Waals surface area contributed by atoms with Crippen molar-refractivity contribution in [3.8, 4) is 0 Å². The van der Waals surface area contributed by atoms with Gasteiger partial charge in [-0.05, 0) is 37.1 Å². The van der Waals surface area contributed by atoms with Crippen LogP contribution in [-0.4, -0.2) is 34.7 Å². The van der Waals surface area contributed by atoms with Crippen molar-refractivity contribution < 1.29 is 13.2 Å². The Labute approximate surface area is 115 Å². The summed E-state index contributed by atoms with van der Waals surface area (Å²) in [6.45, 7) is 3.63. The standard InChI is InChI=1S/C13H22N2O3S/c1-3-12(10-18-2)15-9-8-11-4-6-13(7-5-11)19(14,16)17/h4-7,12,15H,3,8-10H2,1-2H3,(H2,14,16,17). The fourth-order valence-electron chi connectivity index (χ4n) is 1.79. The number of methoxy groups -OCH3 is 1. The van der Waals surface area contributed by atoms with E-state index in [1.165, 1.54) is 12.1 Å². The SMILES string of the molecule is CCC(COC)NCCc1ccc(S(N)(=O)=O)cc1. The van der Waals surface area contributed by atoms with Gasteiger partial charge in [-0.1, -0.05) is 19.1 Å². The van der Waals surface area contributed by atoms with E-state index >= 15 is 0 Å². The molecule has 1 rings (SSSR count). The van der Waals surface area contributed by atoms with E-state index in [1.54, 1.807) is 19.2 Å². The van der Waals surface area contributed by atoms with Crippen LogP contribution in [0.25, 0.3) is 0 Å². The van der Waals surface area contributed by atoms with E-state index in [-0.39, 0.29) is 4.90 Å². The van der Waals surface area contributed by atoms with Crippen molar-refractivity contribution >= 4 is 10.0 Å². The van der Waals surface area contributed by atoms with Gasteiger partial charge in [0, 0.05) is 13.2 Å². The van der Waals surface area contributed by atoms with Crippen LogP contribution in [-0.2, 0) is 21.2 Å². The van der Waals surface area contributed by atoms with E-state index in [4.69, 9.17) is 9.88 Å². The minimum absolute atomic E-state index is 0.148. The van der Waals surface area contributed by atoms with Crippen molar-refractivity contribution in [2.75, 3.05) is 20.3 Å². The summed E-state index contributed by atoms with van der Waals surface area (Å²) in [6, 6.07) is 7.01. The van der Waals surface area contributed by atoms with Gasteiger partial charge in [0.25, 0.3) is 0 Å². The molecule has 0 saturated heterocycles. The maximum Gasteiger partial charge on any atom is 0.238 e. The van der Waals surface area contributed by atoms with Crippen molar-refractivity contribution in [2.24, 2.45) is 5.14 Å². The van der Waals surface area contributed by atoms with E-state index in [2.05, 4.69) is 12.2 Å². The van der Waals surface area contributed by atoms with Crippen LogP contribution in [0.4, 0.5) is 0 Å². The Hall–Kier alpha value is -0.950. The first-order valence-electron chi connectivity index (χ1n) is 6.31. The van der Waals surface area contributed by atoms with Gasteiger partial charge in [-0.2, -0.15) is 0 Å². The zero-order valence-corrected chi connectivity index (χ0v) is 12.2. The molecule has 1 aromatic carbocycles. The van der Waals surface area contributed by atoms with Crippen LogP contribution in [0.2, 0.25) is 0 Å². The molecule has 1 aromatic rings. The lowest BCUT2D eigenvalue weighted by Gasteiger charge is -2.15. The highest BCUT2D eigenvalue weighted by Gasteiger charge is 2.07. The van der Waals surface area contributed by atoms with Crippen molar-refractivity contribution in [2.45, 2.75) is 30.7 Å². The maximum absolute atomic E-state index is 11.1. The van der Waals surface area contributed by atoms with Gasteiger partial charge < -0.3 is 10.1 Å². The van der Waals surface area contributed by atoms with Crippen molar-refractivity contribution in [3.63, 3.8) is 0 Å². The normalized spacial score (nSPS) is 13.4. The number of nitrogens with one attached hydrogen (secondary N) is 1. The van der Waals surface area contributed by atoms with Crippen LogP contribution in [0.15, 0.2) is 29.2 Å². The first kappa shape index (κ1) is 16.1. The monoisotopic (exact) mass is 286 g/mol. The highest BCUT2D eigenvalue weighted by Crippen LogP contribution is 2.09. The van der Waals surface area contributed by atoms with E-state index in [9.17, 15) is 8.42 Å². The number of rotatable bonds is 8. The zero-order chi connectivity index (χ0) is 14.3. The number of ether oxygens (including phenoxy) is 1. The molecule has 0 fully saturated rings. The number of nitrogens with two attached hydrogens (primary N) is 1. The topological polar surface area (TPSA) is 81.4 Å². The van der Waals surface area contributed by atoms with E-state index in [0.29, 0.717) is 12.6 Å². The lowest BCUT2D eigenvalue weighted by atomic mass is 10.1. The van der Waals surface area contributed by atoms with Crippen molar-refractivity contribution in [1.82, 2.24) is 5.32 Å². The molecule has 5 nitrogen and oxygen atoms in total. The summed E-state index contributed by atoms with van der Waals surface area (Å²) in [5.74, 6) is 0. The van der Waals surface area contributed by atoms with Gasteiger partial charge in [0.2, 0.25) is 10.0 Å². The average Bonchev–Trinajstić information content (AvgIpc) is 2.37. The van der Waals surface area contributed by atoms with Crippen molar-refractivity contribution in [1.29, 1.82) is 0 Å². The number of benzene rings is 1. The average molecular weight is 286 g/mol. The largest absolute Gasteiger partial charge is 0.383 e. The second-order valence-electron chi connectivity index (χ2n) is 4.45. The molecule has 0 saturated carbocycles. The number of sulfonamides is 1. The minimum Gasteiger partial charge on any atom is -0.383 e. The molecule has 6 heteroatoms. The summed E-state index contributed by atoms with van der Waals surface area (Å²) in [7, 11) is -1.91. The third kappa shape index (κ3) is 5.69. The van der Waals surface area contributed by atoms with Crippen LogP contribution in [0.3, 0.4) is 0 Å². The molecule has 1 atom stereocenters. The van der Waals surface area contributed by atoms with Gasteiger partial charge in [-0.3, -0.25) is 0 Å². The van der Waals surface area contributed by atoms with Gasteiger partial charge >= 0.3 is 0 Å². The van der Waals surface area contributed by atoms with Crippen LogP contribution in [0, 0.1) is 0 Å². The smallest absolute Gasteiger partial charge is 0.238 e. The molecule has 0 radical (unpaired) electrons. The van der Waals surface area contributed by atoms with Crippen molar-refractivity contribution in [3.05, 3.63) is 29.8 Å². The molecular formula is C13H22N2O3S. The van der Waals surface area contributed by atoms with Crippen LogP contribution >= 0.6 is 0 Å². The fourth-order valence-corrected chi connectivity index (χ4v) is 2.30. The lowest BCUT2D eigenvalue weighted by molar-refractivity contribution is 0.165. The minimum atomic E-state index is -3.60. The van der Waals surface area contributed by atoms with Gasteiger partial charge in [0.1, 0.15) is 0 Å². The predicted octanol–water partition coefficient (Wildman–Crippen LogP) is 0.891. The summed E-state index contributed by atoms with van der Waals surface area (Å²) in [5.41, 5.74) is 1.08. The molecule has 0 heterocycles. The molecule has 3 N–H and O–H groups in total.